The van der Waals surface area contributed by atoms with Crippen molar-refractivity contribution in [1.29, 1.82) is 0 Å². The number of rotatable bonds is 4. The summed E-state index contributed by atoms with van der Waals surface area (Å²) in [5.41, 5.74) is 1.62. The van der Waals surface area contributed by atoms with E-state index in [0.717, 1.165) is 37.3 Å². The first-order chi connectivity index (χ1) is 12.7. The van der Waals surface area contributed by atoms with E-state index in [2.05, 4.69) is 20.2 Å². The second-order valence-electron chi connectivity index (χ2n) is 6.54. The Bertz CT molecular complexity index is 752. The van der Waals surface area contributed by atoms with Crippen LogP contribution in [0.3, 0.4) is 0 Å². The fraction of sp³-hybridized carbons (Fsp3) is 0.421. The Labute approximate surface area is 152 Å². The molecule has 0 aliphatic carbocycles. The lowest BCUT2D eigenvalue weighted by molar-refractivity contribution is -0.169. The Kier molecular flexibility index (Phi) is 4.81. The van der Waals surface area contributed by atoms with Gasteiger partial charge in [-0.05, 0) is 29.8 Å². The highest BCUT2D eigenvalue weighted by Gasteiger charge is 2.40. The Hall–Kier alpha value is -2.51. The lowest BCUT2D eigenvalue weighted by Crippen LogP contribution is -2.45. The van der Waals surface area contributed by atoms with E-state index in [-0.39, 0.29) is 5.91 Å². The number of anilines is 1. The van der Waals surface area contributed by atoms with Crippen LogP contribution in [0.4, 0.5) is 5.82 Å². The van der Waals surface area contributed by atoms with Gasteiger partial charge in [0.25, 0.3) is 5.91 Å². The zero-order valence-corrected chi connectivity index (χ0v) is 14.6. The molecular formula is C19H22N4O3. The van der Waals surface area contributed by atoms with Crippen molar-refractivity contribution in [3.8, 4) is 0 Å². The Morgan fingerprint density at radius 2 is 1.85 bits per heavy atom. The molecule has 1 spiro atoms. The van der Waals surface area contributed by atoms with E-state index in [1.807, 2.05) is 18.2 Å². The van der Waals surface area contributed by atoms with Gasteiger partial charge in [-0.3, -0.25) is 9.78 Å². The van der Waals surface area contributed by atoms with Crippen molar-refractivity contribution in [3.63, 3.8) is 0 Å². The van der Waals surface area contributed by atoms with E-state index in [0.29, 0.717) is 25.3 Å². The van der Waals surface area contributed by atoms with Gasteiger partial charge in [0.15, 0.2) is 5.79 Å². The van der Waals surface area contributed by atoms with Crippen LogP contribution in [-0.4, -0.2) is 48.0 Å². The zero-order chi connectivity index (χ0) is 17.8. The molecule has 0 bridgehead atoms. The molecule has 7 nitrogen and oxygen atoms in total. The lowest BCUT2D eigenvalue weighted by atomic mass is 10.0. The molecule has 136 valence electrons. The van der Waals surface area contributed by atoms with Crippen LogP contribution in [0.25, 0.3) is 0 Å². The quantitative estimate of drug-likeness (QED) is 0.901. The second-order valence-corrected chi connectivity index (χ2v) is 6.54. The van der Waals surface area contributed by atoms with Crippen molar-refractivity contribution in [2.45, 2.75) is 25.2 Å². The van der Waals surface area contributed by atoms with Gasteiger partial charge < -0.3 is 19.7 Å². The number of carbonyl (C=O) groups is 1. The van der Waals surface area contributed by atoms with Crippen molar-refractivity contribution >= 4 is 11.7 Å². The molecule has 2 saturated heterocycles. The maximum absolute atomic E-state index is 12.4. The van der Waals surface area contributed by atoms with Crippen LogP contribution in [-0.2, 0) is 16.0 Å². The minimum Gasteiger partial charge on any atom is -0.356 e. The summed E-state index contributed by atoms with van der Waals surface area (Å²) in [4.78, 5) is 23.0. The Morgan fingerprint density at radius 1 is 1.12 bits per heavy atom. The van der Waals surface area contributed by atoms with Gasteiger partial charge in [0.1, 0.15) is 5.82 Å². The number of piperidine rings is 1. The highest BCUT2D eigenvalue weighted by atomic mass is 16.7. The fourth-order valence-corrected chi connectivity index (χ4v) is 3.38. The van der Waals surface area contributed by atoms with Gasteiger partial charge >= 0.3 is 0 Å². The van der Waals surface area contributed by atoms with Gasteiger partial charge in [0.05, 0.1) is 13.2 Å². The van der Waals surface area contributed by atoms with Crippen LogP contribution in [0, 0.1) is 0 Å². The minimum atomic E-state index is -0.407. The van der Waals surface area contributed by atoms with Crippen molar-refractivity contribution < 1.29 is 14.3 Å². The third-order valence-electron chi connectivity index (χ3n) is 4.87. The molecule has 1 N–H and O–H groups in total. The van der Waals surface area contributed by atoms with Crippen molar-refractivity contribution in [2.75, 3.05) is 31.2 Å². The third kappa shape index (κ3) is 3.68. The standard InChI is InChI=1S/C19H22N4O3/c24-18(22-14-15-1-6-20-7-2-15)16-3-8-21-17(13-16)23-9-4-19(5-10-23)25-11-12-26-19/h1-3,6-8,13H,4-5,9-12,14H2,(H,22,24). The number of hydrogen-bond donors (Lipinski definition) is 1. The van der Waals surface area contributed by atoms with Crippen LogP contribution in [0.2, 0.25) is 0 Å². The molecule has 2 aromatic rings. The molecule has 26 heavy (non-hydrogen) atoms. The first-order valence-corrected chi connectivity index (χ1v) is 8.90. The SMILES string of the molecule is O=C(NCc1ccncc1)c1ccnc(N2CCC3(CC2)OCCO3)c1. The number of nitrogens with one attached hydrogen (secondary N) is 1. The number of amides is 1. The van der Waals surface area contributed by atoms with Crippen molar-refractivity contribution in [1.82, 2.24) is 15.3 Å². The summed E-state index contributed by atoms with van der Waals surface area (Å²) in [5.74, 6) is 0.298. The maximum Gasteiger partial charge on any atom is 0.251 e. The summed E-state index contributed by atoms with van der Waals surface area (Å²) >= 11 is 0. The Balaban J connectivity index is 1.38. The van der Waals surface area contributed by atoms with Gasteiger partial charge in [0, 0.05) is 56.6 Å². The summed E-state index contributed by atoms with van der Waals surface area (Å²) < 4.78 is 11.5. The summed E-state index contributed by atoms with van der Waals surface area (Å²) in [6.45, 7) is 3.42. The second kappa shape index (κ2) is 7.39. The monoisotopic (exact) mass is 354 g/mol. The van der Waals surface area contributed by atoms with Gasteiger partial charge in [0.2, 0.25) is 0 Å². The van der Waals surface area contributed by atoms with E-state index in [1.165, 1.54) is 0 Å². The highest BCUT2D eigenvalue weighted by molar-refractivity contribution is 5.94. The molecule has 2 aromatic heterocycles. The lowest BCUT2D eigenvalue weighted by Gasteiger charge is -2.38. The minimum absolute atomic E-state index is 0.110. The van der Waals surface area contributed by atoms with Crippen molar-refractivity contribution in [2.24, 2.45) is 0 Å². The molecule has 0 aromatic carbocycles. The Morgan fingerprint density at radius 3 is 2.58 bits per heavy atom. The molecule has 0 radical (unpaired) electrons. The summed E-state index contributed by atoms with van der Waals surface area (Å²) in [6.07, 6.45) is 6.74. The van der Waals surface area contributed by atoms with Crippen LogP contribution < -0.4 is 10.2 Å². The first kappa shape index (κ1) is 16.9. The summed E-state index contributed by atoms with van der Waals surface area (Å²) in [7, 11) is 0. The average Bonchev–Trinajstić information content (AvgIpc) is 3.15. The summed E-state index contributed by atoms with van der Waals surface area (Å²) in [6, 6.07) is 7.35. The van der Waals surface area contributed by atoms with Crippen LogP contribution >= 0.6 is 0 Å². The molecule has 7 heteroatoms. The third-order valence-corrected chi connectivity index (χ3v) is 4.87. The zero-order valence-electron chi connectivity index (χ0n) is 14.6. The number of carbonyl (C=O) groups excluding carboxylic acids is 1. The molecule has 1 amide bonds. The molecule has 0 atom stereocenters. The number of nitrogens with zero attached hydrogens (tertiary/aromatic N) is 3. The fourth-order valence-electron chi connectivity index (χ4n) is 3.38. The highest BCUT2D eigenvalue weighted by Crippen LogP contribution is 2.32. The van der Waals surface area contributed by atoms with Crippen LogP contribution in [0.15, 0.2) is 42.9 Å². The smallest absolute Gasteiger partial charge is 0.251 e. The van der Waals surface area contributed by atoms with Crippen molar-refractivity contribution in [3.05, 3.63) is 54.0 Å². The average molecular weight is 354 g/mol. The molecule has 4 rings (SSSR count). The first-order valence-electron chi connectivity index (χ1n) is 8.90. The van der Waals surface area contributed by atoms with E-state index in [9.17, 15) is 4.79 Å². The van der Waals surface area contributed by atoms with Crippen LogP contribution in [0.5, 0.6) is 0 Å². The molecule has 2 aliphatic rings. The van der Waals surface area contributed by atoms with E-state index >= 15 is 0 Å². The van der Waals surface area contributed by atoms with E-state index in [4.69, 9.17) is 9.47 Å². The number of hydrogen-bond acceptors (Lipinski definition) is 6. The molecule has 2 aliphatic heterocycles. The van der Waals surface area contributed by atoms with Gasteiger partial charge in [-0.15, -0.1) is 0 Å². The van der Waals surface area contributed by atoms with Gasteiger partial charge in [-0.2, -0.15) is 0 Å². The molecule has 0 saturated carbocycles. The molecule has 4 heterocycles. The molecule has 0 unspecified atom stereocenters. The topological polar surface area (TPSA) is 76.6 Å². The van der Waals surface area contributed by atoms with Gasteiger partial charge in [-0.1, -0.05) is 0 Å². The normalized spacial score (nSPS) is 18.8. The van der Waals surface area contributed by atoms with E-state index < -0.39 is 5.79 Å². The predicted molar refractivity (Wildman–Crippen MR) is 95.7 cm³/mol. The number of ether oxygens (including phenoxy) is 2. The number of aromatic nitrogens is 2. The van der Waals surface area contributed by atoms with Crippen LogP contribution in [0.1, 0.15) is 28.8 Å². The molecular weight excluding hydrogens is 332 g/mol. The summed E-state index contributed by atoms with van der Waals surface area (Å²) in [5, 5.41) is 2.93. The largest absolute Gasteiger partial charge is 0.356 e. The van der Waals surface area contributed by atoms with Gasteiger partial charge in [-0.25, -0.2) is 4.98 Å². The van der Waals surface area contributed by atoms with E-state index in [1.54, 1.807) is 24.7 Å². The molecule has 2 fully saturated rings. The number of pyridine rings is 2. The predicted octanol–water partition coefficient (Wildman–Crippen LogP) is 1.75. The maximum atomic E-state index is 12.4.